The number of unbranched alkanes of at least 4 members (excludes halogenated alkanes) is 2. The smallest absolute Gasteiger partial charge is 0.327 e. The topological polar surface area (TPSA) is 83.8 Å². The highest BCUT2D eigenvalue weighted by molar-refractivity contribution is 5.83. The molecule has 0 aromatic rings. The molecule has 0 radical (unpaired) electrons. The number of carbonyl (C=O) groups excluding carboxylic acids is 1. The number of methoxy groups -OCH3 is 1. The minimum atomic E-state index is -0.925. The lowest BCUT2D eigenvalue weighted by molar-refractivity contribution is -0.131. The summed E-state index contributed by atoms with van der Waals surface area (Å²) in [4.78, 5) is 22.5. The first kappa shape index (κ1) is 21.6. The highest BCUT2D eigenvalue weighted by atomic mass is 16.5. The van der Waals surface area contributed by atoms with Crippen molar-refractivity contribution in [2.75, 3.05) is 13.7 Å². The number of hydrogen-bond acceptors (Lipinski definition) is 4. The third kappa shape index (κ3) is 7.53. The maximum absolute atomic E-state index is 12.1. The Balaban J connectivity index is 2.49. The average Bonchev–Trinajstić information content (AvgIpc) is 2.88. The summed E-state index contributed by atoms with van der Waals surface area (Å²) in [5.74, 6) is -0.403. The zero-order valence-electron chi connectivity index (χ0n) is 15.6. The van der Waals surface area contributed by atoms with Gasteiger partial charge < -0.3 is 14.9 Å². The van der Waals surface area contributed by atoms with Crippen molar-refractivity contribution in [3.8, 4) is 0 Å². The van der Waals surface area contributed by atoms with Gasteiger partial charge in [-0.05, 0) is 31.6 Å². The Morgan fingerprint density at radius 3 is 2.76 bits per heavy atom. The minimum absolute atomic E-state index is 0.0254. The van der Waals surface area contributed by atoms with E-state index >= 15 is 0 Å². The van der Waals surface area contributed by atoms with Crippen LogP contribution in [0.15, 0.2) is 24.3 Å². The summed E-state index contributed by atoms with van der Waals surface area (Å²) in [5.41, 5.74) is -0.361. The number of allylic oxidation sites excluding steroid dienone is 2. The van der Waals surface area contributed by atoms with Gasteiger partial charge in [-0.3, -0.25) is 4.79 Å². The Kier molecular flexibility index (Phi) is 9.08. The fourth-order valence-corrected chi connectivity index (χ4v) is 3.32. The van der Waals surface area contributed by atoms with Crippen LogP contribution in [0.4, 0.5) is 0 Å². The van der Waals surface area contributed by atoms with Crippen molar-refractivity contribution in [1.82, 2.24) is 0 Å². The summed E-state index contributed by atoms with van der Waals surface area (Å²) in [6.07, 6.45) is 10.8. The SMILES string of the molecule is COCC(C)(C)C(O)/C=C/[C@H]1CCC(=O)[C@@H]1CCCC/C=C/C(=O)O. The Bertz CT molecular complexity index is 492. The zero-order valence-corrected chi connectivity index (χ0v) is 15.6. The quantitative estimate of drug-likeness (QED) is 0.338. The van der Waals surface area contributed by atoms with Gasteiger partial charge in [0.15, 0.2) is 0 Å². The summed E-state index contributed by atoms with van der Waals surface area (Å²) >= 11 is 0. The van der Waals surface area contributed by atoms with Crippen LogP contribution in [0.3, 0.4) is 0 Å². The molecule has 2 N–H and O–H groups in total. The van der Waals surface area contributed by atoms with Gasteiger partial charge in [0.05, 0.1) is 12.7 Å². The standard InChI is InChI=1S/C20H32O5/c1-20(2,14-25-3)18(22)13-11-15-10-12-17(21)16(15)8-6-4-5-7-9-19(23)24/h7,9,11,13,15-16,18,22H,4-6,8,10,12,14H2,1-3H3,(H,23,24)/b9-7+,13-11+/t15-,16-,18?/m1/s1. The number of aliphatic hydroxyl groups excluding tert-OH is 1. The van der Waals surface area contributed by atoms with Gasteiger partial charge in [-0.1, -0.05) is 38.5 Å². The molecular weight excluding hydrogens is 320 g/mol. The van der Waals surface area contributed by atoms with E-state index in [4.69, 9.17) is 9.84 Å². The van der Waals surface area contributed by atoms with Gasteiger partial charge in [-0.2, -0.15) is 0 Å². The molecule has 0 aromatic heterocycles. The number of Topliss-reactive ketones (excluding diaryl/α,β-unsaturated/α-hetero) is 1. The van der Waals surface area contributed by atoms with Gasteiger partial charge in [0.25, 0.3) is 0 Å². The third-order valence-corrected chi connectivity index (χ3v) is 4.91. The first-order chi connectivity index (χ1) is 11.8. The predicted molar refractivity (Wildman–Crippen MR) is 97.3 cm³/mol. The molecule has 0 amide bonds. The zero-order chi connectivity index (χ0) is 18.9. The number of ether oxygens (including phenoxy) is 1. The molecule has 25 heavy (non-hydrogen) atoms. The van der Waals surface area contributed by atoms with Crippen molar-refractivity contribution in [3.63, 3.8) is 0 Å². The van der Waals surface area contributed by atoms with Crippen molar-refractivity contribution in [2.24, 2.45) is 17.3 Å². The van der Waals surface area contributed by atoms with E-state index in [0.717, 1.165) is 38.2 Å². The molecule has 142 valence electrons. The van der Waals surface area contributed by atoms with E-state index in [1.54, 1.807) is 13.2 Å². The Morgan fingerprint density at radius 1 is 1.40 bits per heavy atom. The highest BCUT2D eigenvalue weighted by Crippen LogP contribution is 2.34. The fraction of sp³-hybridized carbons (Fsp3) is 0.700. The highest BCUT2D eigenvalue weighted by Gasteiger charge is 2.33. The molecule has 0 aliphatic heterocycles. The van der Waals surface area contributed by atoms with Crippen LogP contribution in [-0.4, -0.2) is 41.8 Å². The maximum atomic E-state index is 12.1. The molecular formula is C20H32O5. The van der Waals surface area contributed by atoms with Crippen molar-refractivity contribution in [1.29, 1.82) is 0 Å². The van der Waals surface area contributed by atoms with E-state index in [2.05, 4.69) is 0 Å². The molecule has 0 saturated heterocycles. The van der Waals surface area contributed by atoms with Crippen LogP contribution in [0.25, 0.3) is 0 Å². The lowest BCUT2D eigenvalue weighted by atomic mass is 9.85. The maximum Gasteiger partial charge on any atom is 0.327 e. The molecule has 1 saturated carbocycles. The van der Waals surface area contributed by atoms with E-state index in [9.17, 15) is 14.7 Å². The second-order valence-electron chi connectivity index (χ2n) is 7.55. The number of aliphatic hydroxyl groups is 1. The molecule has 1 aliphatic carbocycles. The monoisotopic (exact) mass is 352 g/mol. The Labute approximate surface area is 150 Å². The molecule has 1 aliphatic rings. The number of carbonyl (C=O) groups is 2. The average molecular weight is 352 g/mol. The lowest BCUT2D eigenvalue weighted by Crippen LogP contribution is -2.32. The Morgan fingerprint density at radius 2 is 2.12 bits per heavy atom. The normalized spacial score (nSPS) is 23.0. The number of ketones is 1. The first-order valence-corrected chi connectivity index (χ1v) is 9.05. The van der Waals surface area contributed by atoms with E-state index in [1.807, 2.05) is 26.0 Å². The molecule has 1 rings (SSSR count). The molecule has 0 spiro atoms. The van der Waals surface area contributed by atoms with Gasteiger partial charge >= 0.3 is 5.97 Å². The molecule has 0 heterocycles. The van der Waals surface area contributed by atoms with E-state index in [0.29, 0.717) is 18.8 Å². The van der Waals surface area contributed by atoms with Crippen molar-refractivity contribution in [2.45, 2.75) is 58.5 Å². The molecule has 0 aromatic carbocycles. The van der Waals surface area contributed by atoms with Crippen molar-refractivity contribution < 1.29 is 24.5 Å². The Hall–Kier alpha value is -1.46. The number of carboxylic acids is 1. The van der Waals surface area contributed by atoms with Crippen LogP contribution in [0.5, 0.6) is 0 Å². The van der Waals surface area contributed by atoms with Gasteiger partial charge in [0.2, 0.25) is 0 Å². The van der Waals surface area contributed by atoms with Crippen molar-refractivity contribution >= 4 is 11.8 Å². The number of aliphatic carboxylic acids is 1. The number of rotatable bonds is 11. The molecule has 0 bridgehead atoms. The molecule has 1 unspecified atom stereocenters. The predicted octanol–water partition coefficient (Wildman–Crippen LogP) is 3.37. The molecule has 5 heteroatoms. The number of carboxylic acid groups (broad SMARTS) is 1. The van der Waals surface area contributed by atoms with E-state index in [1.165, 1.54) is 0 Å². The summed E-state index contributed by atoms with van der Waals surface area (Å²) in [6, 6.07) is 0. The molecule has 3 atom stereocenters. The number of hydrogen-bond donors (Lipinski definition) is 2. The second kappa shape index (κ2) is 10.5. The van der Waals surface area contributed by atoms with Gasteiger partial charge in [0.1, 0.15) is 5.78 Å². The summed E-state index contributed by atoms with van der Waals surface area (Å²) < 4.78 is 5.15. The van der Waals surface area contributed by atoms with Crippen LogP contribution < -0.4 is 0 Å². The summed E-state index contributed by atoms with van der Waals surface area (Å²) in [7, 11) is 1.62. The first-order valence-electron chi connectivity index (χ1n) is 9.05. The van der Waals surface area contributed by atoms with Crippen molar-refractivity contribution in [3.05, 3.63) is 24.3 Å². The van der Waals surface area contributed by atoms with E-state index < -0.39 is 12.1 Å². The molecule has 1 fully saturated rings. The summed E-state index contributed by atoms with van der Waals surface area (Å²) in [5, 5.41) is 18.9. The van der Waals surface area contributed by atoms with Gasteiger partial charge in [-0.25, -0.2) is 4.79 Å². The van der Waals surface area contributed by atoms with Crippen LogP contribution in [-0.2, 0) is 14.3 Å². The minimum Gasteiger partial charge on any atom is -0.478 e. The lowest BCUT2D eigenvalue weighted by Gasteiger charge is -2.28. The second-order valence-corrected chi connectivity index (χ2v) is 7.55. The molecule has 5 nitrogen and oxygen atoms in total. The van der Waals surface area contributed by atoms with E-state index in [-0.39, 0.29) is 17.3 Å². The summed E-state index contributed by atoms with van der Waals surface area (Å²) in [6.45, 7) is 4.37. The van der Waals surface area contributed by atoms with Crippen LogP contribution in [0, 0.1) is 17.3 Å². The fourth-order valence-electron chi connectivity index (χ4n) is 3.32. The van der Waals surface area contributed by atoms with Gasteiger partial charge in [0, 0.05) is 30.9 Å². The van der Waals surface area contributed by atoms with Crippen LogP contribution in [0.1, 0.15) is 52.4 Å². The van der Waals surface area contributed by atoms with Crippen LogP contribution in [0.2, 0.25) is 0 Å². The third-order valence-electron chi connectivity index (χ3n) is 4.91. The van der Waals surface area contributed by atoms with Crippen LogP contribution >= 0.6 is 0 Å². The largest absolute Gasteiger partial charge is 0.478 e. The van der Waals surface area contributed by atoms with Gasteiger partial charge in [-0.15, -0.1) is 0 Å².